The molecule has 2 aliphatic rings. The Morgan fingerprint density at radius 1 is 1.20 bits per heavy atom. The largest absolute Gasteiger partial charge is 0.316 e. The highest BCUT2D eigenvalue weighted by Gasteiger charge is 2.38. The molecule has 0 aromatic rings. The van der Waals surface area contributed by atoms with Gasteiger partial charge in [0.25, 0.3) is 0 Å². The first-order valence-corrected chi connectivity index (χ1v) is 4.02. The summed E-state index contributed by atoms with van der Waals surface area (Å²) < 4.78 is 0. The summed E-state index contributed by atoms with van der Waals surface area (Å²) in [6.45, 7) is 2.16. The van der Waals surface area contributed by atoms with Gasteiger partial charge in [-0.3, -0.25) is 0 Å². The van der Waals surface area contributed by atoms with E-state index in [1.165, 1.54) is 12.8 Å². The van der Waals surface area contributed by atoms with Gasteiger partial charge in [0.1, 0.15) is 0 Å². The molecule has 0 spiro atoms. The lowest BCUT2D eigenvalue weighted by Crippen LogP contribution is -2.37. The number of hydrogen-bond acceptors (Lipinski definition) is 2. The zero-order valence-corrected chi connectivity index (χ0v) is 6.01. The Morgan fingerprint density at radius 2 is 1.80 bits per heavy atom. The van der Waals surface area contributed by atoms with Crippen LogP contribution in [0.25, 0.3) is 0 Å². The maximum atomic E-state index is 8.79. The Kier molecular flexibility index (Phi) is 1.39. The smallest absolute Gasteiger partial charge is 0.0662 e. The molecule has 2 nitrogen and oxygen atoms in total. The fourth-order valence-electron chi connectivity index (χ4n) is 2.30. The van der Waals surface area contributed by atoms with Crippen molar-refractivity contribution < 1.29 is 0 Å². The van der Waals surface area contributed by atoms with Crippen LogP contribution in [0.3, 0.4) is 0 Å². The summed E-state index contributed by atoms with van der Waals surface area (Å²) in [4.78, 5) is 0. The molecule has 2 fully saturated rings. The molecule has 0 aromatic heterocycles. The normalized spacial score (nSPS) is 44.9. The Morgan fingerprint density at radius 3 is 2.20 bits per heavy atom. The van der Waals surface area contributed by atoms with E-state index in [2.05, 4.69) is 11.4 Å². The van der Waals surface area contributed by atoms with Gasteiger partial charge in [0.15, 0.2) is 0 Å². The summed E-state index contributed by atoms with van der Waals surface area (Å²) in [5, 5.41) is 12.2. The maximum Gasteiger partial charge on any atom is 0.0662 e. The van der Waals surface area contributed by atoms with Crippen molar-refractivity contribution in [2.45, 2.75) is 12.8 Å². The molecule has 1 aliphatic carbocycles. The molecule has 3 atom stereocenters. The van der Waals surface area contributed by atoms with E-state index < -0.39 is 0 Å². The van der Waals surface area contributed by atoms with Crippen LogP contribution in [-0.2, 0) is 0 Å². The van der Waals surface area contributed by atoms with Gasteiger partial charge in [0.05, 0.1) is 12.0 Å². The first kappa shape index (κ1) is 6.18. The molecular weight excluding hydrogens is 124 g/mol. The van der Waals surface area contributed by atoms with Crippen molar-refractivity contribution in [2.75, 3.05) is 13.1 Å². The maximum absolute atomic E-state index is 8.79. The Balaban J connectivity index is 2.15. The number of hydrogen-bond donors (Lipinski definition) is 1. The summed E-state index contributed by atoms with van der Waals surface area (Å²) in [7, 11) is 0. The average molecular weight is 136 g/mol. The van der Waals surface area contributed by atoms with Crippen LogP contribution in [0.1, 0.15) is 12.8 Å². The minimum Gasteiger partial charge on any atom is -0.316 e. The van der Waals surface area contributed by atoms with E-state index in [4.69, 9.17) is 5.26 Å². The molecule has 2 bridgehead atoms. The summed E-state index contributed by atoms with van der Waals surface area (Å²) >= 11 is 0. The third-order valence-electron chi connectivity index (χ3n) is 2.89. The molecule has 0 aromatic carbocycles. The molecule has 2 heteroatoms. The summed E-state index contributed by atoms with van der Waals surface area (Å²) in [5.74, 6) is 1.72. The Bertz CT molecular complexity index is 155. The third-order valence-corrected chi connectivity index (χ3v) is 2.89. The Labute approximate surface area is 61.2 Å². The third kappa shape index (κ3) is 0.741. The first-order chi connectivity index (χ1) is 4.92. The van der Waals surface area contributed by atoms with E-state index in [1.807, 2.05) is 0 Å². The van der Waals surface area contributed by atoms with E-state index in [9.17, 15) is 0 Å². The quantitative estimate of drug-likeness (QED) is 0.533. The standard InChI is InChI=1S/C8H12N2/c9-3-8-6-1-2-7(8)5-10-4-6/h6-8,10H,1-2,4-5H2/t6-,7+,8?. The van der Waals surface area contributed by atoms with Crippen LogP contribution in [0, 0.1) is 29.1 Å². The van der Waals surface area contributed by atoms with Crippen LogP contribution in [0.5, 0.6) is 0 Å². The molecule has 1 saturated carbocycles. The van der Waals surface area contributed by atoms with E-state index in [-0.39, 0.29) is 0 Å². The van der Waals surface area contributed by atoms with Crippen LogP contribution in [0.15, 0.2) is 0 Å². The van der Waals surface area contributed by atoms with Crippen LogP contribution in [-0.4, -0.2) is 13.1 Å². The van der Waals surface area contributed by atoms with E-state index in [0.717, 1.165) is 13.1 Å². The summed E-state index contributed by atoms with van der Waals surface area (Å²) in [6.07, 6.45) is 2.55. The highest BCUT2D eigenvalue weighted by atomic mass is 14.9. The lowest BCUT2D eigenvalue weighted by molar-refractivity contribution is 0.305. The molecule has 1 unspecified atom stereocenters. The van der Waals surface area contributed by atoms with Gasteiger partial charge < -0.3 is 5.32 Å². The molecular formula is C8H12N2. The minimum atomic E-state index is 0.376. The van der Waals surface area contributed by atoms with Gasteiger partial charge in [-0.15, -0.1) is 0 Å². The van der Waals surface area contributed by atoms with Gasteiger partial charge in [-0.05, 0) is 37.8 Å². The zero-order chi connectivity index (χ0) is 6.97. The topological polar surface area (TPSA) is 35.8 Å². The zero-order valence-electron chi connectivity index (χ0n) is 6.01. The monoisotopic (exact) mass is 136 g/mol. The molecule has 1 saturated heterocycles. The van der Waals surface area contributed by atoms with Crippen LogP contribution < -0.4 is 5.32 Å². The van der Waals surface area contributed by atoms with Crippen molar-refractivity contribution in [1.29, 1.82) is 5.26 Å². The molecule has 1 heterocycles. The van der Waals surface area contributed by atoms with Crippen molar-refractivity contribution in [3.05, 3.63) is 0 Å². The molecule has 0 radical (unpaired) electrons. The highest BCUT2D eigenvalue weighted by Crippen LogP contribution is 2.38. The van der Waals surface area contributed by atoms with Crippen LogP contribution in [0.4, 0.5) is 0 Å². The molecule has 1 aliphatic heterocycles. The SMILES string of the molecule is N#CC1[C@@H]2CC[C@H]1CNC2. The lowest BCUT2D eigenvalue weighted by atomic mass is 9.88. The molecule has 0 amide bonds. The predicted octanol–water partition coefficient (Wildman–Crippen LogP) is 0.756. The van der Waals surface area contributed by atoms with E-state index in [1.54, 1.807) is 0 Å². The second-order valence-corrected chi connectivity index (χ2v) is 3.41. The van der Waals surface area contributed by atoms with Gasteiger partial charge >= 0.3 is 0 Å². The summed E-state index contributed by atoms with van der Waals surface area (Å²) in [6, 6.07) is 2.43. The number of piperidine rings is 1. The molecule has 54 valence electrons. The fraction of sp³-hybridized carbons (Fsp3) is 0.875. The fourth-order valence-corrected chi connectivity index (χ4v) is 2.30. The minimum absolute atomic E-state index is 0.376. The number of rotatable bonds is 0. The molecule has 10 heavy (non-hydrogen) atoms. The van der Waals surface area contributed by atoms with E-state index in [0.29, 0.717) is 17.8 Å². The second kappa shape index (κ2) is 2.25. The van der Waals surface area contributed by atoms with Gasteiger partial charge in [-0.1, -0.05) is 0 Å². The average Bonchev–Trinajstić information content (AvgIpc) is 2.19. The van der Waals surface area contributed by atoms with Crippen molar-refractivity contribution in [3.8, 4) is 6.07 Å². The molecule has 2 rings (SSSR count). The van der Waals surface area contributed by atoms with Crippen LogP contribution in [0.2, 0.25) is 0 Å². The van der Waals surface area contributed by atoms with Crippen molar-refractivity contribution >= 4 is 0 Å². The van der Waals surface area contributed by atoms with Gasteiger partial charge in [-0.25, -0.2) is 0 Å². The first-order valence-electron chi connectivity index (χ1n) is 4.02. The van der Waals surface area contributed by atoms with Crippen molar-refractivity contribution in [2.24, 2.45) is 17.8 Å². The van der Waals surface area contributed by atoms with Crippen LogP contribution >= 0.6 is 0 Å². The predicted molar refractivity (Wildman–Crippen MR) is 38.2 cm³/mol. The number of fused-ring (bicyclic) bond motifs is 2. The Hall–Kier alpha value is -0.550. The molecule has 1 N–H and O–H groups in total. The highest BCUT2D eigenvalue weighted by molar-refractivity contribution is 5.01. The lowest BCUT2D eigenvalue weighted by Gasteiger charge is -2.24. The second-order valence-electron chi connectivity index (χ2n) is 3.41. The number of nitriles is 1. The van der Waals surface area contributed by atoms with E-state index >= 15 is 0 Å². The van der Waals surface area contributed by atoms with Gasteiger partial charge in [0, 0.05) is 0 Å². The number of nitrogens with zero attached hydrogens (tertiary/aromatic N) is 1. The van der Waals surface area contributed by atoms with Gasteiger partial charge in [-0.2, -0.15) is 5.26 Å². The van der Waals surface area contributed by atoms with Crippen molar-refractivity contribution in [1.82, 2.24) is 5.32 Å². The summed E-state index contributed by atoms with van der Waals surface area (Å²) in [5.41, 5.74) is 0. The van der Waals surface area contributed by atoms with Crippen molar-refractivity contribution in [3.63, 3.8) is 0 Å². The van der Waals surface area contributed by atoms with Gasteiger partial charge in [0.2, 0.25) is 0 Å². The number of nitrogens with one attached hydrogen (secondary N) is 1.